The Morgan fingerprint density at radius 1 is 1.12 bits per heavy atom. The van der Waals surface area contributed by atoms with Crippen LogP contribution >= 0.6 is 0 Å². The van der Waals surface area contributed by atoms with Crippen LogP contribution in [0.5, 0.6) is 11.5 Å². The molecule has 1 aromatic heterocycles. The first-order chi connectivity index (χ1) is 16.3. The zero-order valence-corrected chi connectivity index (χ0v) is 19.8. The van der Waals surface area contributed by atoms with Crippen LogP contribution in [-0.4, -0.2) is 22.7 Å². The van der Waals surface area contributed by atoms with Gasteiger partial charge >= 0.3 is 5.97 Å². The number of aromatic hydroxyl groups is 1. The summed E-state index contributed by atoms with van der Waals surface area (Å²) in [5, 5.41) is 14.2. The first-order valence-corrected chi connectivity index (χ1v) is 11.4. The zero-order chi connectivity index (χ0) is 24.4. The summed E-state index contributed by atoms with van der Waals surface area (Å²) in [5.74, 6) is 0.322. The second-order valence-corrected chi connectivity index (χ2v) is 8.81. The molecular formula is C27H28N2O5. The van der Waals surface area contributed by atoms with E-state index >= 15 is 0 Å². The summed E-state index contributed by atoms with van der Waals surface area (Å²) in [5.41, 5.74) is 6.58. The number of hydrogen-bond acceptors (Lipinski definition) is 6. The van der Waals surface area contributed by atoms with Gasteiger partial charge in [0.05, 0.1) is 11.3 Å². The van der Waals surface area contributed by atoms with Crippen molar-refractivity contribution in [2.24, 2.45) is 5.10 Å². The van der Waals surface area contributed by atoms with Gasteiger partial charge in [-0.25, -0.2) is 10.2 Å². The number of hydrogen-bond donors (Lipinski definition) is 2. The predicted molar refractivity (Wildman–Crippen MR) is 129 cm³/mol. The van der Waals surface area contributed by atoms with E-state index in [-0.39, 0.29) is 23.0 Å². The summed E-state index contributed by atoms with van der Waals surface area (Å²) in [4.78, 5) is 25.5. The monoisotopic (exact) mass is 460 g/mol. The molecule has 1 amide bonds. The topological polar surface area (TPSA) is 101 Å². The van der Waals surface area contributed by atoms with Gasteiger partial charge in [-0.1, -0.05) is 38.1 Å². The summed E-state index contributed by atoms with van der Waals surface area (Å²) in [6, 6.07) is 12.1. The lowest BCUT2D eigenvalue weighted by Crippen LogP contribution is -2.22. The summed E-state index contributed by atoms with van der Waals surface area (Å²) < 4.78 is 11.7. The van der Waals surface area contributed by atoms with Crippen molar-refractivity contribution in [1.29, 1.82) is 0 Å². The highest BCUT2D eigenvalue weighted by atomic mass is 16.5. The molecule has 0 saturated carbocycles. The third-order valence-electron chi connectivity index (χ3n) is 5.95. The van der Waals surface area contributed by atoms with Gasteiger partial charge < -0.3 is 14.3 Å². The van der Waals surface area contributed by atoms with E-state index in [1.54, 1.807) is 19.1 Å². The fourth-order valence-corrected chi connectivity index (χ4v) is 4.17. The predicted octanol–water partition coefficient (Wildman–Crippen LogP) is 5.42. The van der Waals surface area contributed by atoms with Crippen LogP contribution in [0.2, 0.25) is 0 Å². The van der Waals surface area contributed by atoms with Crippen molar-refractivity contribution in [2.75, 3.05) is 0 Å². The Morgan fingerprint density at radius 3 is 2.62 bits per heavy atom. The first-order valence-electron chi connectivity index (χ1n) is 11.4. The molecule has 176 valence electrons. The van der Waals surface area contributed by atoms with Crippen LogP contribution in [0, 0.1) is 13.8 Å². The first kappa shape index (κ1) is 23.3. The van der Waals surface area contributed by atoms with Crippen LogP contribution in [0.1, 0.15) is 81.5 Å². The summed E-state index contributed by atoms with van der Waals surface area (Å²) in [6.45, 7) is 7.84. The largest absolute Gasteiger partial charge is 0.507 e. The number of ether oxygens (including phenoxy) is 1. The van der Waals surface area contributed by atoms with E-state index in [0.29, 0.717) is 35.6 Å². The van der Waals surface area contributed by atoms with Gasteiger partial charge in [-0.15, -0.1) is 0 Å². The summed E-state index contributed by atoms with van der Waals surface area (Å²) in [7, 11) is 0. The molecule has 1 aliphatic rings. The van der Waals surface area contributed by atoms with E-state index in [0.717, 1.165) is 23.1 Å². The number of para-hydroxylation sites is 1. The molecule has 1 heterocycles. The summed E-state index contributed by atoms with van der Waals surface area (Å²) in [6.07, 6.45) is 2.06. The molecule has 0 bridgehead atoms. The van der Waals surface area contributed by atoms with Crippen molar-refractivity contribution in [1.82, 2.24) is 5.43 Å². The van der Waals surface area contributed by atoms with Gasteiger partial charge in [0.15, 0.2) is 0 Å². The van der Waals surface area contributed by atoms with Crippen LogP contribution in [0.3, 0.4) is 0 Å². The molecule has 0 spiro atoms. The number of aryl methyl sites for hydroxylation is 2. The number of rotatable bonds is 5. The molecule has 0 atom stereocenters. The highest BCUT2D eigenvalue weighted by Gasteiger charge is 2.29. The van der Waals surface area contributed by atoms with Crippen molar-refractivity contribution >= 4 is 17.6 Å². The standard InChI is InChI=1S/C27H28N2O5/c1-15(2)18-13-12-16(3)14-23(18)34-27(32)25-17(4)24-20(9-7-11-22(24)33-25)28-29-26(31)19-8-5-6-10-21(19)30/h5-6,8,10,12-15,30H,7,9,11H2,1-4H3,(H,29,31)/b28-20+. The van der Waals surface area contributed by atoms with E-state index in [1.807, 2.05) is 39.0 Å². The molecule has 7 nitrogen and oxygen atoms in total. The Balaban J connectivity index is 1.60. The molecule has 1 aliphatic carbocycles. The van der Waals surface area contributed by atoms with Gasteiger partial charge in [-0.3, -0.25) is 4.79 Å². The molecule has 0 fully saturated rings. The van der Waals surface area contributed by atoms with E-state index in [4.69, 9.17) is 9.15 Å². The molecule has 34 heavy (non-hydrogen) atoms. The van der Waals surface area contributed by atoms with Crippen molar-refractivity contribution in [3.05, 3.63) is 81.8 Å². The van der Waals surface area contributed by atoms with Crippen molar-refractivity contribution in [3.8, 4) is 11.5 Å². The number of amides is 1. The number of esters is 1. The maximum Gasteiger partial charge on any atom is 0.379 e. The maximum atomic E-state index is 13.1. The highest BCUT2D eigenvalue weighted by molar-refractivity contribution is 6.07. The SMILES string of the molecule is Cc1ccc(C(C)C)c(OC(=O)c2oc3c(c2C)/C(=N/NC(=O)c2ccccc2O)CCC3)c1. The molecule has 7 heteroatoms. The van der Waals surface area contributed by atoms with E-state index in [1.165, 1.54) is 12.1 Å². The molecular weight excluding hydrogens is 432 g/mol. The maximum absolute atomic E-state index is 13.1. The van der Waals surface area contributed by atoms with Crippen LogP contribution < -0.4 is 10.2 Å². The average Bonchev–Trinajstić information content (AvgIpc) is 3.15. The fraction of sp³-hybridized carbons (Fsp3) is 0.296. The zero-order valence-electron chi connectivity index (χ0n) is 19.8. The van der Waals surface area contributed by atoms with Gasteiger partial charge in [0, 0.05) is 17.5 Å². The van der Waals surface area contributed by atoms with Gasteiger partial charge in [0.25, 0.3) is 5.91 Å². The lowest BCUT2D eigenvalue weighted by Gasteiger charge is -2.13. The molecule has 0 saturated heterocycles. The third kappa shape index (κ3) is 4.59. The minimum Gasteiger partial charge on any atom is -0.507 e. The van der Waals surface area contributed by atoms with Crippen LogP contribution in [-0.2, 0) is 6.42 Å². The van der Waals surface area contributed by atoms with Gasteiger partial charge in [0.1, 0.15) is 17.3 Å². The Bertz CT molecular complexity index is 1290. The molecule has 0 aliphatic heterocycles. The number of fused-ring (bicyclic) bond motifs is 1. The lowest BCUT2D eigenvalue weighted by molar-refractivity contribution is 0.0696. The van der Waals surface area contributed by atoms with Gasteiger partial charge in [-0.05, 0) is 61.9 Å². The van der Waals surface area contributed by atoms with Crippen LogP contribution in [0.15, 0.2) is 52.0 Å². The average molecular weight is 461 g/mol. The Hall–Kier alpha value is -3.87. The number of carbonyl (C=O) groups is 2. The van der Waals surface area contributed by atoms with Crippen LogP contribution in [0.4, 0.5) is 0 Å². The van der Waals surface area contributed by atoms with Crippen LogP contribution in [0.25, 0.3) is 0 Å². The number of nitrogens with one attached hydrogen (secondary N) is 1. The number of furan rings is 1. The quantitative estimate of drug-likeness (QED) is 0.301. The number of benzene rings is 2. The fourth-order valence-electron chi connectivity index (χ4n) is 4.17. The second-order valence-electron chi connectivity index (χ2n) is 8.81. The Kier molecular flexibility index (Phi) is 6.54. The van der Waals surface area contributed by atoms with Gasteiger partial charge in [0.2, 0.25) is 5.76 Å². The molecule has 3 aromatic rings. The highest BCUT2D eigenvalue weighted by Crippen LogP contribution is 2.32. The van der Waals surface area contributed by atoms with Crippen molar-refractivity contribution < 1.29 is 23.8 Å². The van der Waals surface area contributed by atoms with Crippen molar-refractivity contribution in [3.63, 3.8) is 0 Å². The Morgan fingerprint density at radius 2 is 1.88 bits per heavy atom. The molecule has 0 radical (unpaired) electrons. The van der Waals surface area contributed by atoms with E-state index in [9.17, 15) is 14.7 Å². The molecule has 2 N–H and O–H groups in total. The number of nitrogens with zero attached hydrogens (tertiary/aromatic N) is 1. The molecule has 4 rings (SSSR count). The second kappa shape index (κ2) is 9.55. The minimum absolute atomic E-state index is 0.119. The lowest BCUT2D eigenvalue weighted by atomic mass is 9.93. The van der Waals surface area contributed by atoms with E-state index in [2.05, 4.69) is 10.5 Å². The number of phenolic OH excluding ortho intramolecular Hbond substituents is 1. The number of phenols is 1. The smallest absolute Gasteiger partial charge is 0.379 e. The number of carbonyl (C=O) groups excluding carboxylic acids is 2. The number of hydrazone groups is 1. The minimum atomic E-state index is -0.558. The molecule has 2 aromatic carbocycles. The van der Waals surface area contributed by atoms with Crippen molar-refractivity contribution in [2.45, 2.75) is 52.9 Å². The normalized spacial score (nSPS) is 14.2. The Labute approximate surface area is 198 Å². The third-order valence-corrected chi connectivity index (χ3v) is 5.95. The van der Waals surface area contributed by atoms with E-state index < -0.39 is 11.9 Å². The molecule has 0 unspecified atom stereocenters. The van der Waals surface area contributed by atoms with Gasteiger partial charge in [-0.2, -0.15) is 5.10 Å². The summed E-state index contributed by atoms with van der Waals surface area (Å²) >= 11 is 0.